The number of carbonyl (C=O) groups is 1. The average Bonchev–Trinajstić information content (AvgIpc) is 3.03. The van der Waals surface area contributed by atoms with Crippen LogP contribution in [0.3, 0.4) is 0 Å². The molecule has 6 heteroatoms. The number of rotatable bonds is 7. The van der Waals surface area contributed by atoms with Crippen molar-refractivity contribution in [1.29, 1.82) is 0 Å². The number of halogens is 1. The van der Waals surface area contributed by atoms with E-state index in [9.17, 15) is 4.79 Å². The summed E-state index contributed by atoms with van der Waals surface area (Å²) in [4.78, 5) is 16.8. The molecule has 0 radical (unpaired) electrons. The van der Waals surface area contributed by atoms with Crippen LogP contribution in [0.1, 0.15) is 17.8 Å². The fourth-order valence-electron chi connectivity index (χ4n) is 2.13. The van der Waals surface area contributed by atoms with Crippen LogP contribution in [0.4, 0.5) is 0 Å². The lowest BCUT2D eigenvalue weighted by atomic mass is 10.2. The van der Waals surface area contributed by atoms with Crippen LogP contribution >= 0.6 is 34.7 Å². The van der Waals surface area contributed by atoms with E-state index in [2.05, 4.69) is 21.7 Å². The first kappa shape index (κ1) is 18.3. The number of thiophene rings is 1. The third kappa shape index (κ3) is 5.53. The van der Waals surface area contributed by atoms with Crippen LogP contribution in [-0.2, 0) is 4.79 Å². The van der Waals surface area contributed by atoms with Gasteiger partial charge in [-0.15, -0.1) is 23.1 Å². The Morgan fingerprint density at radius 3 is 2.57 bits per heavy atom. The molecule has 0 aliphatic heterocycles. The van der Waals surface area contributed by atoms with Gasteiger partial charge in [-0.05, 0) is 56.7 Å². The standard InChI is InChI=1S/C17H21ClN2OS2/c1-12(23-14-8-6-13(18)7-9-14)17(21)19-11-15(20(2)3)16-5-4-10-22-16/h4-10,12,15H,11H2,1-3H3,(H,19,21)/t12-,15+/m1/s1. The summed E-state index contributed by atoms with van der Waals surface area (Å²) in [7, 11) is 4.06. The van der Waals surface area contributed by atoms with Crippen LogP contribution in [0.25, 0.3) is 0 Å². The molecule has 0 aliphatic carbocycles. The second-order valence-corrected chi connectivity index (χ2v) is 8.28. The van der Waals surface area contributed by atoms with Gasteiger partial charge in [0.15, 0.2) is 0 Å². The average molecular weight is 369 g/mol. The molecule has 0 fully saturated rings. The van der Waals surface area contributed by atoms with Gasteiger partial charge in [0, 0.05) is 21.3 Å². The highest BCUT2D eigenvalue weighted by Gasteiger charge is 2.19. The molecule has 3 nitrogen and oxygen atoms in total. The number of nitrogens with one attached hydrogen (secondary N) is 1. The normalized spacial score (nSPS) is 13.8. The predicted octanol–water partition coefficient (Wildman–Crippen LogP) is 4.30. The second kappa shape index (κ2) is 8.73. The van der Waals surface area contributed by atoms with E-state index >= 15 is 0 Å². The quantitative estimate of drug-likeness (QED) is 0.739. The number of nitrogens with zero attached hydrogens (tertiary/aromatic N) is 1. The summed E-state index contributed by atoms with van der Waals surface area (Å²) in [6, 6.07) is 11.9. The van der Waals surface area contributed by atoms with E-state index in [1.54, 1.807) is 11.3 Å². The van der Waals surface area contributed by atoms with Gasteiger partial charge >= 0.3 is 0 Å². The summed E-state index contributed by atoms with van der Waals surface area (Å²) in [5, 5.41) is 5.68. The molecule has 1 N–H and O–H groups in total. The molecule has 0 spiro atoms. The van der Waals surface area contributed by atoms with Crippen molar-refractivity contribution < 1.29 is 4.79 Å². The molecule has 0 unspecified atom stereocenters. The molecular weight excluding hydrogens is 348 g/mol. The summed E-state index contributed by atoms with van der Waals surface area (Å²) in [5.74, 6) is 0.0494. The minimum absolute atomic E-state index is 0.0494. The van der Waals surface area contributed by atoms with E-state index in [0.717, 1.165) is 4.90 Å². The van der Waals surface area contributed by atoms with E-state index in [1.165, 1.54) is 16.6 Å². The second-order valence-electron chi connectivity index (χ2n) is 5.45. The molecule has 1 heterocycles. The first-order valence-corrected chi connectivity index (χ1v) is 9.51. The van der Waals surface area contributed by atoms with Crippen molar-refractivity contribution in [3.05, 3.63) is 51.7 Å². The highest BCUT2D eigenvalue weighted by molar-refractivity contribution is 8.00. The van der Waals surface area contributed by atoms with Gasteiger partial charge < -0.3 is 10.2 Å². The molecule has 0 bridgehead atoms. The Balaban J connectivity index is 1.88. The fraction of sp³-hybridized carbons (Fsp3) is 0.353. The Labute approximate surface area is 151 Å². The van der Waals surface area contributed by atoms with Crippen molar-refractivity contribution in [2.45, 2.75) is 23.1 Å². The van der Waals surface area contributed by atoms with Gasteiger partial charge in [-0.3, -0.25) is 4.79 Å². The molecule has 0 aliphatic rings. The maximum Gasteiger partial charge on any atom is 0.233 e. The zero-order valence-corrected chi connectivity index (χ0v) is 15.8. The number of hydrogen-bond donors (Lipinski definition) is 1. The molecule has 0 saturated carbocycles. The van der Waals surface area contributed by atoms with E-state index in [-0.39, 0.29) is 17.2 Å². The summed E-state index contributed by atoms with van der Waals surface area (Å²) < 4.78 is 0. The minimum Gasteiger partial charge on any atom is -0.353 e. The molecule has 23 heavy (non-hydrogen) atoms. The summed E-state index contributed by atoms with van der Waals surface area (Å²) >= 11 is 9.13. The Kier molecular flexibility index (Phi) is 6.96. The number of likely N-dealkylation sites (N-methyl/N-ethyl adjacent to an activating group) is 1. The predicted molar refractivity (Wildman–Crippen MR) is 101 cm³/mol. The van der Waals surface area contributed by atoms with E-state index < -0.39 is 0 Å². The molecule has 2 rings (SSSR count). The van der Waals surface area contributed by atoms with Crippen LogP contribution in [0.2, 0.25) is 5.02 Å². The van der Waals surface area contributed by atoms with Crippen LogP contribution in [0.5, 0.6) is 0 Å². The zero-order valence-electron chi connectivity index (χ0n) is 13.5. The number of thioether (sulfide) groups is 1. The van der Waals surface area contributed by atoms with Gasteiger partial charge in [0.25, 0.3) is 0 Å². The lowest BCUT2D eigenvalue weighted by molar-refractivity contribution is -0.120. The SMILES string of the molecule is C[C@@H](Sc1ccc(Cl)cc1)C(=O)NC[C@@H](c1cccs1)N(C)C. The van der Waals surface area contributed by atoms with Crippen molar-refractivity contribution in [2.24, 2.45) is 0 Å². The topological polar surface area (TPSA) is 32.3 Å². The molecule has 2 aromatic rings. The minimum atomic E-state index is -0.151. The van der Waals surface area contributed by atoms with Crippen molar-refractivity contribution >= 4 is 40.6 Å². The molecule has 1 amide bonds. The monoisotopic (exact) mass is 368 g/mol. The van der Waals surface area contributed by atoms with Crippen LogP contribution in [-0.4, -0.2) is 36.7 Å². The highest BCUT2D eigenvalue weighted by Crippen LogP contribution is 2.25. The maximum atomic E-state index is 12.3. The Morgan fingerprint density at radius 2 is 2.00 bits per heavy atom. The van der Waals surface area contributed by atoms with Crippen molar-refractivity contribution in [3.8, 4) is 0 Å². The third-order valence-corrected chi connectivity index (χ3v) is 5.80. The van der Waals surface area contributed by atoms with Gasteiger partial charge in [0.2, 0.25) is 5.91 Å². The van der Waals surface area contributed by atoms with Crippen molar-refractivity contribution in [1.82, 2.24) is 10.2 Å². The van der Waals surface area contributed by atoms with E-state index in [4.69, 9.17) is 11.6 Å². The van der Waals surface area contributed by atoms with Crippen LogP contribution in [0.15, 0.2) is 46.7 Å². The van der Waals surface area contributed by atoms with Gasteiger partial charge in [0.1, 0.15) is 0 Å². The molecule has 1 aromatic heterocycles. The maximum absolute atomic E-state index is 12.3. The highest BCUT2D eigenvalue weighted by atomic mass is 35.5. The fourth-order valence-corrected chi connectivity index (χ4v) is 4.07. The summed E-state index contributed by atoms with van der Waals surface area (Å²) in [6.45, 7) is 2.53. The summed E-state index contributed by atoms with van der Waals surface area (Å²) in [5.41, 5.74) is 0. The van der Waals surface area contributed by atoms with Gasteiger partial charge in [-0.2, -0.15) is 0 Å². The molecule has 124 valence electrons. The smallest absolute Gasteiger partial charge is 0.233 e. The Bertz CT molecular complexity index is 614. The van der Waals surface area contributed by atoms with Crippen molar-refractivity contribution in [3.63, 3.8) is 0 Å². The summed E-state index contributed by atoms with van der Waals surface area (Å²) in [6.07, 6.45) is 0. The Hall–Kier alpha value is -1.01. The zero-order chi connectivity index (χ0) is 16.8. The van der Waals surface area contributed by atoms with Crippen LogP contribution < -0.4 is 5.32 Å². The molecular formula is C17H21ClN2OS2. The first-order chi connectivity index (χ1) is 11.0. The van der Waals surface area contributed by atoms with Gasteiger partial charge in [-0.25, -0.2) is 0 Å². The van der Waals surface area contributed by atoms with Crippen molar-refractivity contribution in [2.75, 3.05) is 20.6 Å². The number of amides is 1. The van der Waals surface area contributed by atoms with E-state index in [1.807, 2.05) is 51.4 Å². The number of carbonyl (C=O) groups excluding carboxylic acids is 1. The largest absolute Gasteiger partial charge is 0.353 e. The van der Waals surface area contributed by atoms with E-state index in [0.29, 0.717) is 11.6 Å². The third-order valence-electron chi connectivity index (χ3n) is 3.46. The number of hydrogen-bond acceptors (Lipinski definition) is 4. The first-order valence-electron chi connectivity index (χ1n) is 7.37. The van der Waals surface area contributed by atoms with Gasteiger partial charge in [0.05, 0.1) is 11.3 Å². The molecule has 0 saturated heterocycles. The molecule has 1 aromatic carbocycles. The lowest BCUT2D eigenvalue weighted by Gasteiger charge is -2.24. The Morgan fingerprint density at radius 1 is 1.30 bits per heavy atom. The van der Waals surface area contributed by atoms with Crippen LogP contribution in [0, 0.1) is 0 Å². The van der Waals surface area contributed by atoms with Gasteiger partial charge in [-0.1, -0.05) is 17.7 Å². The lowest BCUT2D eigenvalue weighted by Crippen LogP contribution is -2.37. The number of benzene rings is 1. The molecule has 2 atom stereocenters.